The van der Waals surface area contributed by atoms with Crippen LogP contribution in [0.3, 0.4) is 0 Å². The lowest BCUT2D eigenvalue weighted by atomic mass is 10.2. The number of nitrogens with one attached hydrogen (secondary N) is 2. The molecule has 2 aliphatic heterocycles. The summed E-state index contributed by atoms with van der Waals surface area (Å²) in [6, 6.07) is 4.73. The molecule has 1 aromatic rings. The first kappa shape index (κ1) is 19.9. The van der Waals surface area contributed by atoms with Crippen LogP contribution in [0, 0.1) is 0 Å². The summed E-state index contributed by atoms with van der Waals surface area (Å²) in [5.41, 5.74) is 1.16. The lowest BCUT2D eigenvalue weighted by Crippen LogP contribution is -2.44. The summed E-state index contributed by atoms with van der Waals surface area (Å²) in [6.45, 7) is 12.4. The number of morpholine rings is 1. The Morgan fingerprint density at radius 2 is 2.11 bits per heavy atom. The summed E-state index contributed by atoms with van der Waals surface area (Å²) >= 11 is 0. The molecule has 27 heavy (non-hydrogen) atoms. The van der Waals surface area contributed by atoms with Crippen molar-refractivity contribution in [3.63, 3.8) is 0 Å². The normalized spacial score (nSPS) is 21.5. The van der Waals surface area contributed by atoms with Crippen LogP contribution in [0.1, 0.15) is 32.3 Å². The molecule has 1 unspecified atom stereocenters. The van der Waals surface area contributed by atoms with Gasteiger partial charge in [-0.15, -0.1) is 0 Å². The van der Waals surface area contributed by atoms with Gasteiger partial charge >= 0.3 is 0 Å². The van der Waals surface area contributed by atoms with E-state index in [4.69, 9.17) is 9.73 Å². The molecule has 7 nitrogen and oxygen atoms in total. The minimum atomic E-state index is 0.612. The Balaban J connectivity index is 1.62. The molecule has 0 bridgehead atoms. The summed E-state index contributed by atoms with van der Waals surface area (Å²) in [4.78, 5) is 14.3. The number of likely N-dealkylation sites (N-methyl/N-ethyl adjacent to an activating group) is 1. The Morgan fingerprint density at radius 1 is 1.26 bits per heavy atom. The zero-order valence-corrected chi connectivity index (χ0v) is 16.8. The molecule has 1 aromatic heterocycles. The number of pyridine rings is 1. The van der Waals surface area contributed by atoms with Crippen LogP contribution < -0.4 is 15.5 Å². The van der Waals surface area contributed by atoms with Gasteiger partial charge in [-0.25, -0.2) is 9.98 Å². The van der Waals surface area contributed by atoms with Crippen molar-refractivity contribution in [2.24, 2.45) is 4.99 Å². The number of nitrogens with zero attached hydrogens (tertiary/aromatic N) is 4. The number of ether oxygens (including phenoxy) is 1. The number of hydrogen-bond acceptors (Lipinski definition) is 5. The van der Waals surface area contributed by atoms with Crippen LogP contribution in [0.5, 0.6) is 0 Å². The van der Waals surface area contributed by atoms with Gasteiger partial charge in [0.25, 0.3) is 0 Å². The van der Waals surface area contributed by atoms with E-state index in [1.54, 1.807) is 0 Å². The molecule has 3 rings (SSSR count). The lowest BCUT2D eigenvalue weighted by molar-refractivity contribution is 0.122. The SMILES string of the molecule is CCNC(=NCc1cccnc1N1CCOCC1)NCC1CCCN1CC. The molecule has 0 radical (unpaired) electrons. The molecule has 7 heteroatoms. The Hall–Kier alpha value is -1.86. The van der Waals surface area contributed by atoms with Crippen LogP contribution in [0.4, 0.5) is 5.82 Å². The zero-order chi connectivity index (χ0) is 18.9. The van der Waals surface area contributed by atoms with E-state index in [2.05, 4.69) is 45.3 Å². The first-order chi connectivity index (χ1) is 13.3. The van der Waals surface area contributed by atoms with Crippen molar-refractivity contribution < 1.29 is 4.74 Å². The van der Waals surface area contributed by atoms with Gasteiger partial charge in [0, 0.05) is 44.0 Å². The summed E-state index contributed by atoms with van der Waals surface area (Å²) in [5.74, 6) is 1.92. The van der Waals surface area contributed by atoms with Crippen molar-refractivity contribution in [3.8, 4) is 0 Å². The smallest absolute Gasteiger partial charge is 0.191 e. The summed E-state index contributed by atoms with van der Waals surface area (Å²) in [7, 11) is 0. The van der Waals surface area contributed by atoms with E-state index in [0.29, 0.717) is 12.6 Å². The molecule has 0 amide bonds. The highest BCUT2D eigenvalue weighted by atomic mass is 16.5. The van der Waals surface area contributed by atoms with Gasteiger partial charge in [0.15, 0.2) is 5.96 Å². The molecule has 0 spiro atoms. The fourth-order valence-electron chi connectivity index (χ4n) is 3.88. The number of anilines is 1. The predicted octanol–water partition coefficient (Wildman–Crippen LogP) is 1.46. The summed E-state index contributed by atoms with van der Waals surface area (Å²) < 4.78 is 5.47. The second-order valence-corrected chi connectivity index (χ2v) is 7.09. The molecule has 2 saturated heterocycles. The van der Waals surface area contributed by atoms with E-state index in [9.17, 15) is 0 Å². The third-order valence-electron chi connectivity index (χ3n) is 5.34. The number of likely N-dealkylation sites (tertiary alicyclic amines) is 1. The van der Waals surface area contributed by atoms with Gasteiger partial charge in [-0.1, -0.05) is 13.0 Å². The third kappa shape index (κ3) is 5.56. The molecule has 2 N–H and O–H groups in total. The van der Waals surface area contributed by atoms with Crippen molar-refractivity contribution in [2.75, 3.05) is 57.4 Å². The van der Waals surface area contributed by atoms with Gasteiger partial charge < -0.3 is 20.3 Å². The number of aromatic nitrogens is 1. The highest BCUT2D eigenvalue weighted by molar-refractivity contribution is 5.79. The van der Waals surface area contributed by atoms with Crippen LogP contribution >= 0.6 is 0 Å². The van der Waals surface area contributed by atoms with Gasteiger partial charge in [-0.05, 0) is 38.9 Å². The molecular weight excluding hydrogens is 340 g/mol. The Kier molecular flexibility index (Phi) is 7.71. The molecule has 2 aliphatic rings. The molecule has 0 saturated carbocycles. The maximum atomic E-state index is 5.47. The van der Waals surface area contributed by atoms with Crippen LogP contribution in [0.15, 0.2) is 23.3 Å². The minimum absolute atomic E-state index is 0.612. The van der Waals surface area contributed by atoms with Crippen molar-refractivity contribution in [1.29, 1.82) is 0 Å². The topological polar surface area (TPSA) is 65.0 Å². The van der Waals surface area contributed by atoms with Crippen LogP contribution in [0.25, 0.3) is 0 Å². The Morgan fingerprint density at radius 3 is 2.89 bits per heavy atom. The standard InChI is InChI=1S/C20H34N6O/c1-3-21-20(24-16-18-8-6-10-25(18)4-2)23-15-17-7-5-9-22-19(17)26-11-13-27-14-12-26/h5,7,9,18H,3-4,6,8,10-16H2,1-2H3,(H2,21,23,24). The maximum Gasteiger partial charge on any atom is 0.191 e. The second-order valence-electron chi connectivity index (χ2n) is 7.09. The van der Waals surface area contributed by atoms with Crippen LogP contribution in [-0.2, 0) is 11.3 Å². The largest absolute Gasteiger partial charge is 0.378 e. The fraction of sp³-hybridized carbons (Fsp3) is 0.700. The number of rotatable bonds is 7. The predicted molar refractivity (Wildman–Crippen MR) is 110 cm³/mol. The summed E-state index contributed by atoms with van der Waals surface area (Å²) in [5, 5.41) is 6.91. The van der Waals surface area contributed by atoms with Crippen LogP contribution in [0.2, 0.25) is 0 Å². The van der Waals surface area contributed by atoms with E-state index in [1.165, 1.54) is 19.4 Å². The molecule has 1 atom stereocenters. The average Bonchev–Trinajstić information content (AvgIpc) is 3.18. The second kappa shape index (κ2) is 10.5. The molecule has 0 aromatic carbocycles. The van der Waals surface area contributed by atoms with E-state index in [0.717, 1.165) is 63.3 Å². The Labute approximate surface area is 163 Å². The molecule has 2 fully saturated rings. The first-order valence-corrected chi connectivity index (χ1v) is 10.3. The highest BCUT2D eigenvalue weighted by Gasteiger charge is 2.22. The van der Waals surface area contributed by atoms with Gasteiger partial charge in [-0.2, -0.15) is 0 Å². The number of aliphatic imine (C=N–C) groups is 1. The van der Waals surface area contributed by atoms with E-state index >= 15 is 0 Å². The molecule has 0 aliphatic carbocycles. The number of hydrogen-bond donors (Lipinski definition) is 2. The van der Waals surface area contributed by atoms with E-state index in [-0.39, 0.29) is 0 Å². The van der Waals surface area contributed by atoms with Crippen molar-refractivity contribution in [3.05, 3.63) is 23.9 Å². The van der Waals surface area contributed by atoms with Crippen LogP contribution in [-0.4, -0.2) is 74.4 Å². The van der Waals surface area contributed by atoms with Crippen molar-refractivity contribution in [1.82, 2.24) is 20.5 Å². The van der Waals surface area contributed by atoms with Crippen molar-refractivity contribution >= 4 is 11.8 Å². The van der Waals surface area contributed by atoms with Gasteiger partial charge in [-0.3, -0.25) is 4.90 Å². The number of guanidine groups is 1. The molecule has 150 valence electrons. The molecular formula is C20H34N6O. The fourth-order valence-corrected chi connectivity index (χ4v) is 3.88. The van der Waals surface area contributed by atoms with Gasteiger partial charge in [0.2, 0.25) is 0 Å². The van der Waals surface area contributed by atoms with E-state index < -0.39 is 0 Å². The zero-order valence-electron chi connectivity index (χ0n) is 16.8. The van der Waals surface area contributed by atoms with E-state index in [1.807, 2.05) is 12.3 Å². The van der Waals surface area contributed by atoms with Crippen molar-refractivity contribution in [2.45, 2.75) is 39.3 Å². The Bertz CT molecular complexity index is 602. The third-order valence-corrected chi connectivity index (χ3v) is 5.34. The molecule has 3 heterocycles. The summed E-state index contributed by atoms with van der Waals surface area (Å²) in [6.07, 6.45) is 4.43. The first-order valence-electron chi connectivity index (χ1n) is 10.3. The highest BCUT2D eigenvalue weighted by Crippen LogP contribution is 2.19. The average molecular weight is 375 g/mol. The monoisotopic (exact) mass is 374 g/mol. The van der Waals surface area contributed by atoms with Gasteiger partial charge in [0.05, 0.1) is 19.8 Å². The quantitative estimate of drug-likeness (QED) is 0.556. The maximum absolute atomic E-state index is 5.47. The van der Waals surface area contributed by atoms with Gasteiger partial charge in [0.1, 0.15) is 5.82 Å². The minimum Gasteiger partial charge on any atom is -0.378 e. The lowest BCUT2D eigenvalue weighted by Gasteiger charge is -2.29.